The Bertz CT molecular complexity index is 657. The van der Waals surface area contributed by atoms with Gasteiger partial charge in [0.1, 0.15) is 12.4 Å². The van der Waals surface area contributed by atoms with Crippen LogP contribution in [0.25, 0.3) is 0 Å². The van der Waals surface area contributed by atoms with Crippen molar-refractivity contribution in [2.75, 3.05) is 39.3 Å². The molecule has 26 heavy (non-hydrogen) atoms. The number of halogens is 1. The molecule has 0 spiro atoms. The summed E-state index contributed by atoms with van der Waals surface area (Å²) in [5.74, 6) is 0.836. The number of benzene rings is 1. The highest BCUT2D eigenvalue weighted by molar-refractivity contribution is 5.85. The zero-order valence-electron chi connectivity index (χ0n) is 14.6. The number of hydrogen-bond acceptors (Lipinski definition) is 5. The van der Waals surface area contributed by atoms with Gasteiger partial charge in [-0.1, -0.05) is 24.3 Å². The lowest BCUT2D eigenvalue weighted by Gasteiger charge is -2.35. The number of nitrogens with one attached hydrogen (secondary N) is 2. The third kappa shape index (κ3) is 5.98. The highest BCUT2D eigenvalue weighted by atomic mass is 35.5. The minimum absolute atomic E-state index is 0. The highest BCUT2D eigenvalue weighted by Crippen LogP contribution is 2.20. The van der Waals surface area contributed by atoms with E-state index < -0.39 is 0 Å². The molecule has 1 unspecified atom stereocenters. The van der Waals surface area contributed by atoms with Crippen molar-refractivity contribution in [2.24, 2.45) is 0 Å². The van der Waals surface area contributed by atoms with Crippen molar-refractivity contribution in [1.29, 1.82) is 0 Å². The second kappa shape index (κ2) is 10.8. The summed E-state index contributed by atoms with van der Waals surface area (Å²) in [6.45, 7) is 3.90. The van der Waals surface area contributed by atoms with Gasteiger partial charge in [0.2, 0.25) is 5.91 Å². The standard InChI is InChI=1S/C19H24N4O2.ClH/c24-19(22-10-12-25-17-6-2-1-3-7-17)15-23-11-9-21-14-18(23)16-5-4-8-20-13-16;/h1-8,13,18,21H,9-12,14-15H2,(H,22,24);1H. The van der Waals surface area contributed by atoms with E-state index in [9.17, 15) is 4.79 Å². The molecule has 0 aliphatic carbocycles. The fourth-order valence-electron chi connectivity index (χ4n) is 2.95. The Labute approximate surface area is 160 Å². The van der Waals surface area contributed by atoms with E-state index in [2.05, 4.69) is 26.6 Å². The first-order chi connectivity index (χ1) is 12.3. The monoisotopic (exact) mass is 376 g/mol. The minimum atomic E-state index is 0. The van der Waals surface area contributed by atoms with Crippen LogP contribution in [0.2, 0.25) is 0 Å². The second-order valence-corrected chi connectivity index (χ2v) is 5.99. The van der Waals surface area contributed by atoms with Crippen molar-refractivity contribution >= 4 is 18.3 Å². The van der Waals surface area contributed by atoms with E-state index in [0.29, 0.717) is 19.7 Å². The number of carbonyl (C=O) groups is 1. The summed E-state index contributed by atoms with van der Waals surface area (Å²) in [5.41, 5.74) is 1.13. The van der Waals surface area contributed by atoms with E-state index in [1.54, 1.807) is 6.20 Å². The van der Waals surface area contributed by atoms with Gasteiger partial charge in [-0.25, -0.2) is 0 Å². The molecule has 2 heterocycles. The van der Waals surface area contributed by atoms with Crippen LogP contribution >= 0.6 is 12.4 Å². The lowest BCUT2D eigenvalue weighted by atomic mass is 10.1. The number of nitrogens with zero attached hydrogens (tertiary/aromatic N) is 2. The van der Waals surface area contributed by atoms with Crippen LogP contribution in [0.3, 0.4) is 0 Å². The zero-order valence-corrected chi connectivity index (χ0v) is 15.5. The third-order valence-electron chi connectivity index (χ3n) is 4.21. The number of rotatable bonds is 7. The Morgan fingerprint density at radius 2 is 2.12 bits per heavy atom. The van der Waals surface area contributed by atoms with E-state index >= 15 is 0 Å². The topological polar surface area (TPSA) is 66.5 Å². The summed E-state index contributed by atoms with van der Waals surface area (Å²) in [4.78, 5) is 18.6. The number of ether oxygens (including phenoxy) is 1. The summed E-state index contributed by atoms with van der Waals surface area (Å²) in [7, 11) is 0. The van der Waals surface area contributed by atoms with Crippen LogP contribution in [0.15, 0.2) is 54.9 Å². The molecule has 1 aliphatic rings. The summed E-state index contributed by atoms with van der Waals surface area (Å²) in [6, 6.07) is 13.8. The van der Waals surface area contributed by atoms with Crippen LogP contribution in [-0.2, 0) is 4.79 Å². The SMILES string of the molecule is Cl.O=C(CN1CCNCC1c1cccnc1)NCCOc1ccccc1. The van der Waals surface area contributed by atoms with Gasteiger partial charge in [0.25, 0.3) is 0 Å². The van der Waals surface area contributed by atoms with Gasteiger partial charge in [0, 0.05) is 38.1 Å². The summed E-state index contributed by atoms with van der Waals surface area (Å²) < 4.78 is 5.59. The number of para-hydroxylation sites is 1. The fraction of sp³-hybridized carbons (Fsp3) is 0.368. The first kappa shape index (κ1) is 20.2. The number of piperazine rings is 1. The van der Waals surface area contributed by atoms with Crippen molar-refractivity contribution in [3.05, 3.63) is 60.4 Å². The van der Waals surface area contributed by atoms with Gasteiger partial charge in [0.05, 0.1) is 13.1 Å². The predicted molar refractivity (Wildman–Crippen MR) is 104 cm³/mol. The molecule has 2 N–H and O–H groups in total. The minimum Gasteiger partial charge on any atom is -0.492 e. The van der Waals surface area contributed by atoms with Crippen LogP contribution in [0.4, 0.5) is 0 Å². The maximum absolute atomic E-state index is 12.3. The quantitative estimate of drug-likeness (QED) is 0.719. The van der Waals surface area contributed by atoms with Gasteiger partial charge in [-0.3, -0.25) is 14.7 Å². The summed E-state index contributed by atoms with van der Waals surface area (Å²) in [6.07, 6.45) is 3.64. The van der Waals surface area contributed by atoms with Crippen molar-refractivity contribution in [1.82, 2.24) is 20.5 Å². The lowest BCUT2D eigenvalue weighted by Crippen LogP contribution is -2.49. The Kier molecular flexibility index (Phi) is 8.34. The molecule has 140 valence electrons. The molecule has 3 rings (SSSR count). The van der Waals surface area contributed by atoms with Crippen molar-refractivity contribution in [2.45, 2.75) is 6.04 Å². The van der Waals surface area contributed by atoms with Gasteiger partial charge < -0.3 is 15.4 Å². The molecule has 1 fully saturated rings. The first-order valence-electron chi connectivity index (χ1n) is 8.62. The van der Waals surface area contributed by atoms with E-state index in [1.165, 1.54) is 0 Å². The van der Waals surface area contributed by atoms with Crippen LogP contribution in [0, 0.1) is 0 Å². The molecular weight excluding hydrogens is 352 g/mol. The van der Waals surface area contributed by atoms with Crippen LogP contribution in [0.5, 0.6) is 5.75 Å². The van der Waals surface area contributed by atoms with Gasteiger partial charge in [-0.2, -0.15) is 0 Å². The molecule has 0 bridgehead atoms. The van der Waals surface area contributed by atoms with E-state index in [0.717, 1.165) is 30.9 Å². The smallest absolute Gasteiger partial charge is 0.234 e. The number of amides is 1. The highest BCUT2D eigenvalue weighted by Gasteiger charge is 2.25. The molecule has 0 saturated carbocycles. The van der Waals surface area contributed by atoms with Gasteiger partial charge in [0.15, 0.2) is 0 Å². The number of aromatic nitrogens is 1. The molecule has 1 aliphatic heterocycles. The molecule has 2 aromatic rings. The number of pyridine rings is 1. The fourth-order valence-corrected chi connectivity index (χ4v) is 2.95. The van der Waals surface area contributed by atoms with Gasteiger partial charge >= 0.3 is 0 Å². The Hall–Kier alpha value is -2.15. The number of hydrogen-bond donors (Lipinski definition) is 2. The molecule has 1 atom stereocenters. The first-order valence-corrected chi connectivity index (χ1v) is 8.62. The van der Waals surface area contributed by atoms with E-state index in [4.69, 9.17) is 4.74 Å². The second-order valence-electron chi connectivity index (χ2n) is 5.99. The Balaban J connectivity index is 0.00000243. The Morgan fingerprint density at radius 3 is 2.88 bits per heavy atom. The van der Waals surface area contributed by atoms with Gasteiger partial charge in [-0.05, 0) is 23.8 Å². The molecule has 7 heteroatoms. The third-order valence-corrected chi connectivity index (χ3v) is 4.21. The van der Waals surface area contributed by atoms with E-state index in [1.807, 2.05) is 42.6 Å². The lowest BCUT2D eigenvalue weighted by molar-refractivity contribution is -0.123. The molecule has 6 nitrogen and oxygen atoms in total. The average molecular weight is 377 g/mol. The average Bonchev–Trinajstić information content (AvgIpc) is 2.67. The number of carbonyl (C=O) groups excluding carboxylic acids is 1. The molecule has 0 radical (unpaired) electrons. The molecular formula is C19H25ClN4O2. The summed E-state index contributed by atoms with van der Waals surface area (Å²) in [5, 5.41) is 6.32. The Morgan fingerprint density at radius 1 is 1.27 bits per heavy atom. The normalized spacial score (nSPS) is 17.2. The molecule has 1 aromatic heterocycles. The van der Waals surface area contributed by atoms with Gasteiger partial charge in [-0.15, -0.1) is 12.4 Å². The molecule has 1 saturated heterocycles. The van der Waals surface area contributed by atoms with Crippen molar-refractivity contribution in [3.8, 4) is 5.75 Å². The molecule has 1 amide bonds. The largest absolute Gasteiger partial charge is 0.492 e. The van der Waals surface area contributed by atoms with Crippen molar-refractivity contribution in [3.63, 3.8) is 0 Å². The predicted octanol–water partition coefficient (Wildman–Crippen LogP) is 1.64. The van der Waals surface area contributed by atoms with E-state index in [-0.39, 0.29) is 24.4 Å². The van der Waals surface area contributed by atoms with Crippen LogP contribution in [0.1, 0.15) is 11.6 Å². The zero-order chi connectivity index (χ0) is 17.3. The summed E-state index contributed by atoms with van der Waals surface area (Å²) >= 11 is 0. The van der Waals surface area contributed by atoms with Crippen LogP contribution < -0.4 is 15.4 Å². The maximum atomic E-state index is 12.3. The molecule has 1 aromatic carbocycles. The maximum Gasteiger partial charge on any atom is 0.234 e. The van der Waals surface area contributed by atoms with Crippen molar-refractivity contribution < 1.29 is 9.53 Å². The van der Waals surface area contributed by atoms with Crippen LogP contribution in [-0.4, -0.2) is 55.1 Å².